The molecule has 0 saturated heterocycles. The average molecular weight is 223 g/mol. The Morgan fingerprint density at radius 1 is 1.50 bits per heavy atom. The van der Waals surface area contributed by atoms with Crippen LogP contribution in [0.2, 0.25) is 0 Å². The molecule has 1 aliphatic carbocycles. The lowest BCUT2D eigenvalue weighted by atomic mass is 10.1. The molecule has 3 unspecified atom stereocenters. The number of hydrogen-bond acceptors (Lipinski definition) is 4. The Morgan fingerprint density at radius 2 is 2.31 bits per heavy atom. The van der Waals surface area contributed by atoms with E-state index in [1.165, 1.54) is 19.3 Å². The molecule has 1 aromatic heterocycles. The van der Waals surface area contributed by atoms with Crippen LogP contribution in [-0.4, -0.2) is 23.2 Å². The number of likely N-dealkylation sites (N-methyl/N-ethyl adjacent to an activating group) is 1. The molecule has 1 aliphatic rings. The molecule has 0 amide bonds. The Hall–Kier alpha value is -0.900. The van der Waals surface area contributed by atoms with Gasteiger partial charge in [0.15, 0.2) is 5.82 Å². The van der Waals surface area contributed by atoms with E-state index in [9.17, 15) is 0 Å². The minimum Gasteiger partial charge on any atom is -0.339 e. The molecule has 3 atom stereocenters. The van der Waals surface area contributed by atoms with Gasteiger partial charge in [0.2, 0.25) is 5.89 Å². The maximum absolute atomic E-state index is 5.28. The van der Waals surface area contributed by atoms with E-state index in [4.69, 9.17) is 4.52 Å². The Morgan fingerprint density at radius 3 is 2.94 bits per heavy atom. The van der Waals surface area contributed by atoms with Gasteiger partial charge in [-0.3, -0.25) is 0 Å². The number of nitrogens with one attached hydrogen (secondary N) is 1. The molecule has 1 heterocycles. The summed E-state index contributed by atoms with van der Waals surface area (Å²) in [5.74, 6) is 3.01. The standard InChI is InChI=1S/C12H21N3O/c1-8-4-5-10(6-8)12-14-11(16-15-12)7-9(2)13-3/h8-10,13H,4-7H2,1-3H3. The zero-order chi connectivity index (χ0) is 11.5. The highest BCUT2D eigenvalue weighted by Gasteiger charge is 2.26. The highest BCUT2D eigenvalue weighted by Crippen LogP contribution is 2.36. The van der Waals surface area contributed by atoms with E-state index in [1.54, 1.807) is 0 Å². The average Bonchev–Trinajstić information content (AvgIpc) is 2.87. The van der Waals surface area contributed by atoms with Crippen molar-refractivity contribution in [1.29, 1.82) is 0 Å². The summed E-state index contributed by atoms with van der Waals surface area (Å²) in [7, 11) is 1.95. The maximum Gasteiger partial charge on any atom is 0.228 e. The molecule has 1 saturated carbocycles. The van der Waals surface area contributed by atoms with Gasteiger partial charge in [-0.15, -0.1) is 0 Å². The molecular formula is C12H21N3O. The van der Waals surface area contributed by atoms with Crippen LogP contribution in [0.4, 0.5) is 0 Å². The first-order valence-corrected chi connectivity index (χ1v) is 6.18. The van der Waals surface area contributed by atoms with Crippen molar-refractivity contribution in [2.24, 2.45) is 5.92 Å². The molecule has 16 heavy (non-hydrogen) atoms. The van der Waals surface area contributed by atoms with Crippen molar-refractivity contribution < 1.29 is 4.52 Å². The summed E-state index contributed by atoms with van der Waals surface area (Å²) in [4.78, 5) is 4.50. The summed E-state index contributed by atoms with van der Waals surface area (Å²) in [6.07, 6.45) is 4.52. The topological polar surface area (TPSA) is 51.0 Å². The van der Waals surface area contributed by atoms with E-state index in [1.807, 2.05) is 7.05 Å². The largest absolute Gasteiger partial charge is 0.339 e. The van der Waals surface area contributed by atoms with Crippen molar-refractivity contribution in [2.45, 2.75) is 51.5 Å². The molecule has 4 heteroatoms. The molecule has 1 aromatic rings. The highest BCUT2D eigenvalue weighted by atomic mass is 16.5. The maximum atomic E-state index is 5.28. The molecule has 0 spiro atoms. The first kappa shape index (κ1) is 11.6. The van der Waals surface area contributed by atoms with Crippen molar-refractivity contribution in [1.82, 2.24) is 15.5 Å². The summed E-state index contributed by atoms with van der Waals surface area (Å²) in [5.41, 5.74) is 0. The Balaban J connectivity index is 1.97. The summed E-state index contributed by atoms with van der Waals surface area (Å²) in [5, 5.41) is 7.28. The number of rotatable bonds is 4. The summed E-state index contributed by atoms with van der Waals surface area (Å²) < 4.78 is 5.28. The predicted octanol–water partition coefficient (Wildman–Crippen LogP) is 2.12. The molecular weight excluding hydrogens is 202 g/mol. The van der Waals surface area contributed by atoms with Crippen molar-refractivity contribution in [3.05, 3.63) is 11.7 Å². The van der Waals surface area contributed by atoms with Gasteiger partial charge in [-0.05, 0) is 39.2 Å². The van der Waals surface area contributed by atoms with Crippen LogP contribution in [0, 0.1) is 5.92 Å². The lowest BCUT2D eigenvalue weighted by molar-refractivity contribution is 0.357. The fourth-order valence-corrected chi connectivity index (χ4v) is 2.32. The quantitative estimate of drug-likeness (QED) is 0.849. The molecule has 0 bridgehead atoms. The SMILES string of the molecule is CNC(C)Cc1nc(C2CCC(C)C2)no1. The third kappa shape index (κ3) is 2.61. The summed E-state index contributed by atoms with van der Waals surface area (Å²) in [6.45, 7) is 4.41. The lowest BCUT2D eigenvalue weighted by Crippen LogP contribution is -2.23. The smallest absolute Gasteiger partial charge is 0.228 e. The number of hydrogen-bond donors (Lipinski definition) is 1. The second kappa shape index (κ2) is 4.95. The first-order chi connectivity index (χ1) is 7.69. The number of aromatic nitrogens is 2. The van der Waals surface area contributed by atoms with E-state index < -0.39 is 0 Å². The van der Waals surface area contributed by atoms with Crippen molar-refractivity contribution in [2.75, 3.05) is 7.05 Å². The van der Waals surface area contributed by atoms with Crippen LogP contribution in [0.1, 0.15) is 50.7 Å². The normalized spacial score (nSPS) is 27.2. The van der Waals surface area contributed by atoms with Gasteiger partial charge in [-0.25, -0.2) is 0 Å². The van der Waals surface area contributed by atoms with Crippen LogP contribution in [0.15, 0.2) is 4.52 Å². The third-order valence-electron chi connectivity index (χ3n) is 3.52. The second-order valence-corrected chi connectivity index (χ2v) is 5.06. The van der Waals surface area contributed by atoms with Gasteiger partial charge in [0.05, 0.1) is 0 Å². The molecule has 4 nitrogen and oxygen atoms in total. The summed E-state index contributed by atoms with van der Waals surface area (Å²) in [6, 6.07) is 0.385. The minimum atomic E-state index is 0.385. The third-order valence-corrected chi connectivity index (χ3v) is 3.52. The van der Waals surface area contributed by atoms with E-state index >= 15 is 0 Å². The molecule has 1 fully saturated rings. The zero-order valence-corrected chi connectivity index (χ0v) is 10.4. The van der Waals surface area contributed by atoms with Crippen molar-refractivity contribution >= 4 is 0 Å². The molecule has 2 rings (SSSR count). The van der Waals surface area contributed by atoms with E-state index in [-0.39, 0.29) is 0 Å². The molecule has 1 N–H and O–H groups in total. The molecule has 0 radical (unpaired) electrons. The van der Waals surface area contributed by atoms with Gasteiger partial charge in [-0.1, -0.05) is 12.1 Å². The minimum absolute atomic E-state index is 0.385. The molecule has 0 aliphatic heterocycles. The fourth-order valence-electron chi connectivity index (χ4n) is 2.32. The van der Waals surface area contributed by atoms with Crippen molar-refractivity contribution in [3.8, 4) is 0 Å². The van der Waals surface area contributed by atoms with Gasteiger partial charge in [0, 0.05) is 18.4 Å². The van der Waals surface area contributed by atoms with Crippen LogP contribution >= 0.6 is 0 Å². The van der Waals surface area contributed by atoms with Crippen LogP contribution in [0.25, 0.3) is 0 Å². The van der Waals surface area contributed by atoms with E-state index in [0.717, 1.165) is 24.1 Å². The second-order valence-electron chi connectivity index (χ2n) is 5.06. The van der Waals surface area contributed by atoms with Crippen LogP contribution < -0.4 is 5.32 Å². The van der Waals surface area contributed by atoms with Crippen LogP contribution in [0.5, 0.6) is 0 Å². The summed E-state index contributed by atoms with van der Waals surface area (Å²) >= 11 is 0. The Bertz CT molecular complexity index is 337. The van der Waals surface area contributed by atoms with Crippen LogP contribution in [-0.2, 0) is 6.42 Å². The lowest BCUT2D eigenvalue weighted by Gasteiger charge is -2.05. The Labute approximate surface area is 96.8 Å². The van der Waals surface area contributed by atoms with Gasteiger partial charge in [-0.2, -0.15) is 4.98 Å². The predicted molar refractivity (Wildman–Crippen MR) is 62.3 cm³/mol. The fraction of sp³-hybridized carbons (Fsp3) is 0.833. The van der Waals surface area contributed by atoms with Crippen molar-refractivity contribution in [3.63, 3.8) is 0 Å². The van der Waals surface area contributed by atoms with E-state index in [2.05, 4.69) is 29.3 Å². The number of nitrogens with zero attached hydrogens (tertiary/aromatic N) is 2. The Kier molecular flexibility index (Phi) is 3.59. The first-order valence-electron chi connectivity index (χ1n) is 6.18. The monoisotopic (exact) mass is 223 g/mol. The van der Waals surface area contributed by atoms with Gasteiger partial charge in [0.25, 0.3) is 0 Å². The van der Waals surface area contributed by atoms with E-state index in [0.29, 0.717) is 12.0 Å². The van der Waals surface area contributed by atoms with Gasteiger partial charge in [0.1, 0.15) is 0 Å². The zero-order valence-electron chi connectivity index (χ0n) is 10.4. The van der Waals surface area contributed by atoms with Gasteiger partial charge < -0.3 is 9.84 Å². The molecule has 0 aromatic carbocycles. The highest BCUT2D eigenvalue weighted by molar-refractivity contribution is 4.99. The van der Waals surface area contributed by atoms with Crippen LogP contribution in [0.3, 0.4) is 0 Å². The molecule has 90 valence electrons. The van der Waals surface area contributed by atoms with Gasteiger partial charge >= 0.3 is 0 Å².